The van der Waals surface area contributed by atoms with Crippen molar-refractivity contribution in [2.24, 2.45) is 0 Å². The molecule has 3 aromatic carbocycles. The minimum Gasteiger partial charge on any atom is -0.497 e. The van der Waals surface area contributed by atoms with Crippen molar-refractivity contribution in [1.29, 1.82) is 0 Å². The Hall–Kier alpha value is -4.62. The Morgan fingerprint density at radius 3 is 2.33 bits per heavy atom. The lowest BCUT2D eigenvalue weighted by Gasteiger charge is -2.46. The predicted molar refractivity (Wildman–Crippen MR) is 164 cm³/mol. The summed E-state index contributed by atoms with van der Waals surface area (Å²) < 4.78 is 39.0. The van der Waals surface area contributed by atoms with Gasteiger partial charge in [-0.05, 0) is 67.9 Å². The molecule has 1 saturated heterocycles. The highest BCUT2D eigenvalue weighted by atomic mass is 16.7. The third kappa shape index (κ3) is 6.18. The minimum absolute atomic E-state index is 0.0441. The second-order valence-corrected chi connectivity index (χ2v) is 10.9. The molecule has 4 aromatic rings. The van der Waals surface area contributed by atoms with Gasteiger partial charge in [-0.2, -0.15) is 0 Å². The summed E-state index contributed by atoms with van der Waals surface area (Å²) in [5.74, 6) is 0.802. The number of nitrogens with one attached hydrogen (secondary N) is 1. The van der Waals surface area contributed by atoms with Gasteiger partial charge in [0.1, 0.15) is 35.5 Å². The van der Waals surface area contributed by atoms with Crippen molar-refractivity contribution < 1.29 is 47.8 Å². The zero-order valence-corrected chi connectivity index (χ0v) is 25.7. The highest BCUT2D eigenvalue weighted by Gasteiger charge is 2.50. The summed E-state index contributed by atoms with van der Waals surface area (Å²) in [6.45, 7) is 3.40. The van der Waals surface area contributed by atoms with E-state index in [1.165, 1.54) is 33.5 Å². The van der Waals surface area contributed by atoms with Crippen molar-refractivity contribution in [3.8, 4) is 34.1 Å². The molecule has 0 saturated carbocycles. The number of carbonyl (C=O) groups is 1. The van der Waals surface area contributed by atoms with Gasteiger partial charge >= 0.3 is 5.63 Å². The number of aliphatic hydroxyl groups excluding tert-OH is 2. The molecular weight excluding hydrogens is 586 g/mol. The van der Waals surface area contributed by atoms with Crippen molar-refractivity contribution in [3.63, 3.8) is 0 Å². The molecule has 238 valence electrons. The number of ether oxygens (including phenoxy) is 6. The van der Waals surface area contributed by atoms with Crippen LogP contribution in [0, 0.1) is 0 Å². The average Bonchev–Trinajstić information content (AvgIpc) is 3.03. The summed E-state index contributed by atoms with van der Waals surface area (Å²) in [5, 5.41) is 24.3. The van der Waals surface area contributed by atoms with Gasteiger partial charge in [0, 0.05) is 23.6 Å². The van der Waals surface area contributed by atoms with Crippen LogP contribution in [0.2, 0.25) is 0 Å². The first-order chi connectivity index (χ1) is 21.5. The number of hydrogen-bond donors (Lipinski definition) is 3. The van der Waals surface area contributed by atoms with E-state index in [2.05, 4.69) is 5.32 Å². The molecule has 0 spiro atoms. The van der Waals surface area contributed by atoms with Crippen LogP contribution in [-0.4, -0.2) is 74.8 Å². The maximum absolute atomic E-state index is 13.3. The molecule has 12 heteroatoms. The Bertz CT molecular complexity index is 1770. The number of carbonyl (C=O) groups excluding carboxylic acids is 1. The molecule has 2 heterocycles. The molecule has 0 unspecified atom stereocenters. The molecule has 1 fully saturated rings. The Morgan fingerprint density at radius 2 is 1.64 bits per heavy atom. The zero-order valence-electron chi connectivity index (χ0n) is 25.7. The van der Waals surface area contributed by atoms with Crippen LogP contribution in [0.5, 0.6) is 23.0 Å². The number of aliphatic hydroxyl groups is 2. The number of amides is 1. The minimum atomic E-state index is -1.45. The van der Waals surface area contributed by atoms with Crippen LogP contribution in [0.25, 0.3) is 22.1 Å². The molecular formula is C33H35NO11. The fourth-order valence-corrected chi connectivity index (χ4v) is 5.40. The molecule has 1 amide bonds. The summed E-state index contributed by atoms with van der Waals surface area (Å²) in [7, 11) is 5.87. The van der Waals surface area contributed by atoms with E-state index in [0.29, 0.717) is 22.4 Å². The van der Waals surface area contributed by atoms with E-state index in [9.17, 15) is 19.8 Å². The molecule has 12 nitrogen and oxygen atoms in total. The highest BCUT2D eigenvalue weighted by Crippen LogP contribution is 2.39. The zero-order chi connectivity index (χ0) is 32.5. The van der Waals surface area contributed by atoms with Gasteiger partial charge in [0.05, 0.1) is 26.9 Å². The SMILES string of the molecule is COc1cccc(-c2cc(C(=O)Nc3cc4ccc(O[C@H]5OC(C)(C)[C@@H](OC)[C@H](O)[C@@H]5O)c(OC)c4oc3=O)ccc2OC)c1. The first-order valence-corrected chi connectivity index (χ1v) is 14.0. The van der Waals surface area contributed by atoms with Crippen LogP contribution >= 0.6 is 0 Å². The van der Waals surface area contributed by atoms with Gasteiger partial charge in [0.25, 0.3) is 5.91 Å². The van der Waals surface area contributed by atoms with Crippen LogP contribution in [0.3, 0.4) is 0 Å². The maximum atomic E-state index is 13.3. The van der Waals surface area contributed by atoms with Gasteiger partial charge in [0.2, 0.25) is 12.0 Å². The van der Waals surface area contributed by atoms with E-state index in [1.807, 2.05) is 24.3 Å². The van der Waals surface area contributed by atoms with Gasteiger partial charge < -0.3 is 48.4 Å². The fraction of sp³-hybridized carbons (Fsp3) is 0.333. The largest absolute Gasteiger partial charge is 0.497 e. The summed E-state index contributed by atoms with van der Waals surface area (Å²) in [6.07, 6.45) is -4.83. The number of fused-ring (bicyclic) bond motifs is 1. The topological polar surface area (TPSA) is 155 Å². The lowest BCUT2D eigenvalue weighted by atomic mass is 9.89. The van der Waals surface area contributed by atoms with Crippen molar-refractivity contribution in [2.75, 3.05) is 33.8 Å². The molecule has 45 heavy (non-hydrogen) atoms. The van der Waals surface area contributed by atoms with Crippen molar-refractivity contribution >= 4 is 22.6 Å². The molecule has 1 aromatic heterocycles. The summed E-state index contributed by atoms with van der Waals surface area (Å²) in [4.78, 5) is 26.3. The summed E-state index contributed by atoms with van der Waals surface area (Å²) in [5.41, 5.74) is -0.166. The van der Waals surface area contributed by atoms with Gasteiger partial charge in [0.15, 0.2) is 11.3 Å². The quantitative estimate of drug-likeness (QED) is 0.232. The van der Waals surface area contributed by atoms with E-state index >= 15 is 0 Å². The number of methoxy groups -OCH3 is 4. The van der Waals surface area contributed by atoms with Gasteiger partial charge in [-0.15, -0.1) is 0 Å². The second kappa shape index (κ2) is 12.8. The molecule has 0 aliphatic carbocycles. The third-order valence-electron chi connectivity index (χ3n) is 7.66. The third-order valence-corrected chi connectivity index (χ3v) is 7.66. The van der Waals surface area contributed by atoms with Crippen LogP contribution in [0.15, 0.2) is 69.9 Å². The molecule has 0 radical (unpaired) electrons. The molecule has 0 bridgehead atoms. The Balaban J connectivity index is 1.42. The Labute approximate surface area is 259 Å². The fourth-order valence-electron chi connectivity index (χ4n) is 5.40. The first kappa shape index (κ1) is 31.8. The Kier molecular flexibility index (Phi) is 9.03. The molecule has 4 atom stereocenters. The lowest BCUT2D eigenvalue weighted by molar-refractivity contribution is -0.306. The van der Waals surface area contributed by atoms with E-state index < -0.39 is 41.7 Å². The molecule has 5 rings (SSSR count). The van der Waals surface area contributed by atoms with Crippen molar-refractivity contribution in [1.82, 2.24) is 0 Å². The average molecular weight is 622 g/mol. The van der Waals surface area contributed by atoms with Crippen LogP contribution in [0.1, 0.15) is 24.2 Å². The van der Waals surface area contributed by atoms with E-state index in [-0.39, 0.29) is 28.3 Å². The smallest absolute Gasteiger partial charge is 0.360 e. The molecule has 3 N–H and O–H groups in total. The van der Waals surface area contributed by atoms with E-state index in [0.717, 1.165) is 5.56 Å². The monoisotopic (exact) mass is 621 g/mol. The normalized spacial score (nSPS) is 20.8. The predicted octanol–water partition coefficient (Wildman–Crippen LogP) is 3.99. The summed E-state index contributed by atoms with van der Waals surface area (Å²) >= 11 is 0. The van der Waals surface area contributed by atoms with Gasteiger partial charge in [-0.3, -0.25) is 4.79 Å². The van der Waals surface area contributed by atoms with Crippen LogP contribution in [0.4, 0.5) is 5.69 Å². The van der Waals surface area contributed by atoms with Crippen LogP contribution in [-0.2, 0) is 9.47 Å². The molecule has 1 aliphatic heterocycles. The Morgan fingerprint density at radius 1 is 0.889 bits per heavy atom. The number of benzene rings is 3. The van der Waals surface area contributed by atoms with E-state index in [4.69, 9.17) is 32.8 Å². The highest BCUT2D eigenvalue weighted by molar-refractivity contribution is 6.06. The lowest BCUT2D eigenvalue weighted by Crippen LogP contribution is -2.63. The van der Waals surface area contributed by atoms with E-state index in [1.54, 1.807) is 45.2 Å². The summed E-state index contributed by atoms with van der Waals surface area (Å²) in [6, 6.07) is 16.8. The maximum Gasteiger partial charge on any atom is 0.360 e. The van der Waals surface area contributed by atoms with Crippen molar-refractivity contribution in [2.45, 2.75) is 44.1 Å². The van der Waals surface area contributed by atoms with Gasteiger partial charge in [-0.25, -0.2) is 4.79 Å². The standard InChI is InChI=1S/C33H35NO11/c1-33(2)29(42-6)25(35)26(36)32(45-33)43-24-13-10-18-16-22(31(38)44-27(18)28(24)41-5)34-30(37)19-11-12-23(40-4)21(15-19)17-8-7-9-20(14-17)39-3/h7-16,25-26,29,32,35-36H,1-6H3,(H,34,37)/t25-,26+,29+,32+/m1/s1. The van der Waals surface area contributed by atoms with Crippen molar-refractivity contribution in [3.05, 3.63) is 76.6 Å². The number of rotatable bonds is 9. The number of anilines is 1. The van der Waals surface area contributed by atoms with Crippen LogP contribution < -0.4 is 29.9 Å². The number of hydrogen-bond acceptors (Lipinski definition) is 11. The second-order valence-electron chi connectivity index (χ2n) is 10.9. The molecule has 1 aliphatic rings. The first-order valence-electron chi connectivity index (χ1n) is 14.0. The van der Waals surface area contributed by atoms with Gasteiger partial charge in [-0.1, -0.05) is 12.1 Å².